The first-order chi connectivity index (χ1) is 13.2. The molecule has 1 saturated heterocycles. The molecule has 0 unspecified atom stereocenters. The van der Waals surface area contributed by atoms with Crippen LogP contribution in [0.2, 0.25) is 0 Å². The predicted molar refractivity (Wildman–Crippen MR) is 102 cm³/mol. The van der Waals surface area contributed by atoms with Crippen molar-refractivity contribution in [3.63, 3.8) is 0 Å². The zero-order valence-corrected chi connectivity index (χ0v) is 16.9. The van der Waals surface area contributed by atoms with E-state index < -0.39 is 15.8 Å². The number of aryl methyl sites for hydroxylation is 2. The maximum Gasteiger partial charge on any atom is 0.350 e. The molecule has 1 aromatic rings. The van der Waals surface area contributed by atoms with Gasteiger partial charge in [-0.1, -0.05) is 17.7 Å². The Morgan fingerprint density at radius 2 is 1.93 bits per heavy atom. The van der Waals surface area contributed by atoms with Gasteiger partial charge in [-0.05, 0) is 44.2 Å². The van der Waals surface area contributed by atoms with E-state index in [1.54, 1.807) is 0 Å². The van der Waals surface area contributed by atoms with Crippen molar-refractivity contribution in [1.82, 2.24) is 14.9 Å². The van der Waals surface area contributed by atoms with Gasteiger partial charge in [-0.15, -0.1) is 0 Å². The molecule has 1 aliphatic rings. The minimum Gasteiger partial charge on any atom is -0.491 e. The third kappa shape index (κ3) is 6.30. The first kappa shape index (κ1) is 22.4. The van der Waals surface area contributed by atoms with Crippen molar-refractivity contribution < 1.29 is 26.7 Å². The van der Waals surface area contributed by atoms with Gasteiger partial charge in [-0.25, -0.2) is 13.2 Å². The molecule has 2 rings (SSSR count). The van der Waals surface area contributed by atoms with Gasteiger partial charge in [0, 0.05) is 19.6 Å². The monoisotopic (exact) mass is 419 g/mol. The summed E-state index contributed by atoms with van der Waals surface area (Å²) in [5.74, 6) is -2.56. The quantitative estimate of drug-likeness (QED) is 0.633. The Kier molecular flexibility index (Phi) is 7.99. The first-order valence-electron chi connectivity index (χ1n) is 9.19. The fourth-order valence-electron chi connectivity index (χ4n) is 3.07. The highest BCUT2D eigenvalue weighted by molar-refractivity contribution is 7.89. The van der Waals surface area contributed by atoms with Crippen molar-refractivity contribution in [1.29, 1.82) is 0 Å². The van der Waals surface area contributed by atoms with Crippen LogP contribution in [0.25, 0.3) is 0 Å². The number of carbonyl (C=O) groups is 1. The molecular formula is C18H27F2N3O4S. The number of hydrogen-bond acceptors (Lipinski definition) is 4. The molecule has 158 valence electrons. The summed E-state index contributed by atoms with van der Waals surface area (Å²) in [6.45, 7) is 5.09. The summed E-state index contributed by atoms with van der Waals surface area (Å²) in [6.07, 6.45) is 0.865. The molecule has 28 heavy (non-hydrogen) atoms. The van der Waals surface area contributed by atoms with Crippen molar-refractivity contribution >= 4 is 16.1 Å². The molecule has 7 nitrogen and oxygen atoms in total. The molecule has 1 aliphatic heterocycles. The number of urea groups is 1. The van der Waals surface area contributed by atoms with Crippen molar-refractivity contribution in [3.8, 4) is 5.75 Å². The summed E-state index contributed by atoms with van der Waals surface area (Å²) in [4.78, 5) is 11.8. The van der Waals surface area contributed by atoms with E-state index in [2.05, 4.69) is 10.6 Å². The van der Waals surface area contributed by atoms with Crippen LogP contribution in [0.1, 0.15) is 24.0 Å². The third-order valence-electron chi connectivity index (χ3n) is 4.69. The summed E-state index contributed by atoms with van der Waals surface area (Å²) in [5.41, 5.74) is 2.18. The number of nitrogens with zero attached hydrogens (tertiary/aromatic N) is 1. The van der Waals surface area contributed by atoms with Crippen molar-refractivity contribution in [2.24, 2.45) is 5.92 Å². The number of hydrogen-bond donors (Lipinski definition) is 2. The maximum atomic E-state index is 12.5. The Balaban J connectivity index is 1.62. The van der Waals surface area contributed by atoms with E-state index in [0.29, 0.717) is 32.5 Å². The third-order valence-corrected chi connectivity index (χ3v) is 6.22. The van der Waals surface area contributed by atoms with Crippen LogP contribution in [0.5, 0.6) is 5.75 Å². The molecule has 1 fully saturated rings. The molecule has 0 saturated carbocycles. The van der Waals surface area contributed by atoms with Crippen LogP contribution in [0.3, 0.4) is 0 Å². The molecule has 0 bridgehead atoms. The van der Waals surface area contributed by atoms with Crippen molar-refractivity contribution in [3.05, 3.63) is 29.3 Å². The second-order valence-electron chi connectivity index (χ2n) is 6.90. The fraction of sp³-hybridized carbons (Fsp3) is 0.611. The number of rotatable bonds is 8. The first-order valence-corrected chi connectivity index (χ1v) is 10.7. The normalized spacial score (nSPS) is 16.2. The van der Waals surface area contributed by atoms with Crippen LogP contribution in [0.4, 0.5) is 13.6 Å². The highest BCUT2D eigenvalue weighted by Crippen LogP contribution is 2.22. The Morgan fingerprint density at radius 3 is 2.54 bits per heavy atom. The average Bonchev–Trinajstić information content (AvgIpc) is 2.65. The molecule has 2 amide bonds. The average molecular weight is 419 g/mol. The zero-order valence-electron chi connectivity index (χ0n) is 16.1. The smallest absolute Gasteiger partial charge is 0.350 e. The lowest BCUT2D eigenvalue weighted by molar-refractivity contribution is 0.201. The van der Waals surface area contributed by atoms with Gasteiger partial charge in [-0.2, -0.15) is 13.1 Å². The summed E-state index contributed by atoms with van der Waals surface area (Å²) in [7, 11) is -4.51. The summed E-state index contributed by atoms with van der Waals surface area (Å²) >= 11 is 0. The Labute approximate surface area is 164 Å². The van der Waals surface area contributed by atoms with E-state index in [-0.39, 0.29) is 25.0 Å². The molecule has 0 aliphatic carbocycles. The van der Waals surface area contributed by atoms with E-state index in [9.17, 15) is 22.0 Å². The van der Waals surface area contributed by atoms with E-state index in [1.165, 1.54) is 0 Å². The highest BCUT2D eigenvalue weighted by atomic mass is 32.2. The largest absolute Gasteiger partial charge is 0.491 e. The van der Waals surface area contributed by atoms with E-state index >= 15 is 0 Å². The molecule has 10 heteroatoms. The standard InChI is InChI=1S/C18H27F2N3O4S/c1-13-3-4-16(14(2)11-13)27-10-7-21-18(24)22-12-15-5-8-23(9-6-15)28(25,26)17(19)20/h3-4,11,15,17H,5-10,12H2,1-2H3,(H2,21,22,24). The van der Waals surface area contributed by atoms with Gasteiger partial charge in [0.15, 0.2) is 0 Å². The Hall–Kier alpha value is -1.94. The number of halogens is 2. The summed E-state index contributed by atoms with van der Waals surface area (Å²) in [6, 6.07) is 5.53. The minimum absolute atomic E-state index is 0.0460. The molecule has 2 N–H and O–H groups in total. The Bertz CT molecular complexity index is 766. The Morgan fingerprint density at radius 1 is 1.25 bits per heavy atom. The van der Waals surface area contributed by atoms with Crippen molar-refractivity contribution in [2.45, 2.75) is 32.4 Å². The zero-order chi connectivity index (χ0) is 20.7. The topological polar surface area (TPSA) is 87.7 Å². The van der Waals surface area contributed by atoms with Gasteiger partial charge in [0.1, 0.15) is 12.4 Å². The predicted octanol–water partition coefficient (Wildman–Crippen LogP) is 2.25. The van der Waals surface area contributed by atoms with Gasteiger partial charge in [0.25, 0.3) is 10.0 Å². The van der Waals surface area contributed by atoms with Gasteiger partial charge in [-0.3, -0.25) is 0 Å². The van der Waals surface area contributed by atoms with Gasteiger partial charge >= 0.3 is 11.8 Å². The number of ether oxygens (including phenoxy) is 1. The number of amides is 2. The molecule has 0 radical (unpaired) electrons. The lowest BCUT2D eigenvalue weighted by atomic mass is 9.98. The number of carbonyl (C=O) groups excluding carboxylic acids is 1. The SMILES string of the molecule is Cc1ccc(OCCNC(=O)NCC2CCN(S(=O)(=O)C(F)F)CC2)c(C)c1. The molecule has 0 aromatic heterocycles. The number of benzene rings is 1. The maximum absolute atomic E-state index is 12.5. The van der Waals surface area contributed by atoms with Crippen LogP contribution >= 0.6 is 0 Å². The summed E-state index contributed by atoms with van der Waals surface area (Å²) in [5, 5.41) is 5.42. The van der Waals surface area contributed by atoms with E-state index in [4.69, 9.17) is 4.74 Å². The van der Waals surface area contributed by atoms with E-state index in [1.807, 2.05) is 32.0 Å². The van der Waals surface area contributed by atoms with Crippen LogP contribution in [0, 0.1) is 19.8 Å². The number of nitrogens with one attached hydrogen (secondary N) is 2. The molecule has 0 atom stereocenters. The number of alkyl halides is 2. The molecular weight excluding hydrogens is 392 g/mol. The number of piperidine rings is 1. The molecule has 1 aromatic carbocycles. The molecule has 1 heterocycles. The minimum atomic E-state index is -4.51. The van der Waals surface area contributed by atoms with Crippen LogP contribution < -0.4 is 15.4 Å². The highest BCUT2D eigenvalue weighted by Gasteiger charge is 2.34. The van der Waals surface area contributed by atoms with Crippen LogP contribution in [-0.2, 0) is 10.0 Å². The van der Waals surface area contributed by atoms with Gasteiger partial charge in [0.05, 0.1) is 6.54 Å². The van der Waals surface area contributed by atoms with Gasteiger partial charge < -0.3 is 15.4 Å². The lowest BCUT2D eigenvalue weighted by Crippen LogP contribution is -2.45. The van der Waals surface area contributed by atoms with Crippen molar-refractivity contribution in [2.75, 3.05) is 32.8 Å². The van der Waals surface area contributed by atoms with Crippen LogP contribution in [-0.4, -0.2) is 57.3 Å². The lowest BCUT2D eigenvalue weighted by Gasteiger charge is -2.30. The summed E-state index contributed by atoms with van der Waals surface area (Å²) < 4.78 is 54.4. The van der Waals surface area contributed by atoms with Crippen LogP contribution in [0.15, 0.2) is 18.2 Å². The second kappa shape index (κ2) is 10.0. The molecule has 0 spiro atoms. The second-order valence-corrected chi connectivity index (χ2v) is 8.80. The van der Waals surface area contributed by atoms with E-state index in [0.717, 1.165) is 21.2 Å². The number of sulfonamides is 1. The van der Waals surface area contributed by atoms with Gasteiger partial charge in [0.2, 0.25) is 0 Å². The fourth-order valence-corrected chi connectivity index (χ4v) is 4.01.